The number of aliphatic hydroxyl groups excluding tert-OH is 6. The number of rotatable bonds is 20. The van der Waals surface area contributed by atoms with Crippen molar-refractivity contribution in [1.82, 2.24) is 47.9 Å². The standard InChI is InChI=1S/C85H104Cl2N10O24/c1-7-8-9-10-11-12-59(100)91-60(101)32-53-77(108)93-65-44-28-56(117-54-17-14-40(26-50(54)86)69(102)67(81(112)90-53)96-76(107)52(89-6)19-35(2)3)73(121-83-74(72(105)71(104)58(34-98)119-83)120-61-33-84(5,88)75(106)36(4)116-61)57(29-44)118-55-18-15-41(27-51(55)87)70(103)68-82(113)95-66(80(111)92-63-42-21-37-20-38(23-42)24-43(63)22-37)47-30-45(99)31-49-62(47)46-25-39(13-16-48(46)85(49,114)115)64(78(109)97-68)94-79(65)110/h13-18,25-31,35-38,42-43,52-53,58,61,63-72,74-75,83,89,98-99,102-106,114-115H,7-12,19-24,32-34,88H2,1-6H3,(H,90,112)(H,92,111)(H,93,108)(H,94,110)(H,95,113)(H,96,107)(H,97,109)(H,91,100,101)/t36-,37?,38?,42?,43?,52+,53-,58+,61-,63?,64+,65+,66-,67+,68-,69+,70+,71+,72-,74+,75+,83-,84-/m0/s1. The van der Waals surface area contributed by atoms with Crippen LogP contribution in [0.3, 0.4) is 0 Å². The third kappa shape index (κ3) is 18.3. The van der Waals surface area contributed by atoms with Crippen LogP contribution in [0.1, 0.15) is 194 Å². The SMILES string of the molecule is CCCCCCCC(=O)NC(=O)C[C@@H]1NC(=O)[C@H](NC(=O)[C@@H](CC(C)C)NC)[C@H](O)c2ccc(c(Cl)c2)Oc2cc3cc(c2O[C@@H]2O[C@H](CO)[C@@H](O)[C@H](O)[C@H]2O[C@H]2C[C@](C)(N)[C@H](O)[C@H](C)O2)Oc2ccc(cc2Cl)[C@@H](O)[C@@H]2NC(=O)[C@H](NC(=O)[C@@H]3NC1=O)c1ccc3c(c1)-c1c(cc(O)cc1C3(O)O)[C@@H](C(=O)NC1C3CC4CC(C3)CC1C4)NC2=O. The lowest BCUT2D eigenvalue weighted by atomic mass is 9.54. The number of carbonyl (C=O) groups is 9. The van der Waals surface area contributed by atoms with Gasteiger partial charge in [0, 0.05) is 35.5 Å². The first-order chi connectivity index (χ1) is 57.5. The molecule has 20 N–H and O–H groups in total. The lowest BCUT2D eigenvalue weighted by molar-refractivity contribution is -0.333. The zero-order valence-electron chi connectivity index (χ0n) is 67.4. The third-order valence-electron chi connectivity index (χ3n) is 24.9. The molecule has 5 aliphatic carbocycles. The molecule has 12 aliphatic rings. The molecule has 17 rings (SSSR count). The molecule has 36 heteroatoms. The molecule has 2 saturated heterocycles. The first-order valence-corrected chi connectivity index (χ1v) is 41.9. The molecule has 0 aromatic heterocycles. The Morgan fingerprint density at radius 1 is 0.669 bits per heavy atom. The van der Waals surface area contributed by atoms with E-state index in [9.17, 15) is 60.3 Å². The summed E-state index contributed by atoms with van der Waals surface area (Å²) >= 11 is 14.5. The molecule has 7 heterocycles. The zero-order chi connectivity index (χ0) is 86.7. The Kier molecular flexibility index (Phi) is 26.2. The summed E-state index contributed by atoms with van der Waals surface area (Å²) in [4.78, 5) is 138. The number of nitrogens with one attached hydrogen (secondary N) is 9. The number of aliphatic hydroxyl groups is 8. The normalized spacial score (nSPS) is 31.7. The summed E-state index contributed by atoms with van der Waals surface area (Å²) in [6, 6.07) is 0.988. The van der Waals surface area contributed by atoms with E-state index in [0.717, 1.165) is 87.8 Å². The van der Waals surface area contributed by atoms with Gasteiger partial charge in [0.1, 0.15) is 84.0 Å². The number of carbonyl (C=O) groups excluding carboxylic acids is 9. The van der Waals surface area contributed by atoms with Crippen LogP contribution in [0.15, 0.2) is 78.9 Å². The Morgan fingerprint density at radius 3 is 1.91 bits per heavy atom. The Balaban J connectivity index is 0.966. The number of phenols is 1. The number of hydrogen-bond acceptors (Lipinski definition) is 26. The second kappa shape index (κ2) is 35.9. The van der Waals surface area contributed by atoms with Crippen molar-refractivity contribution in [2.45, 2.75) is 246 Å². The van der Waals surface area contributed by atoms with Gasteiger partial charge in [0.2, 0.25) is 71.0 Å². The molecular formula is C85H104Cl2N10O24. The predicted molar refractivity (Wildman–Crippen MR) is 430 cm³/mol. The number of ether oxygens (including phenoxy) is 6. The van der Waals surface area contributed by atoms with E-state index in [1.807, 2.05) is 20.8 Å². The fraction of sp³-hybridized carbons (Fsp3) is 0.541. The minimum atomic E-state index is -2.98. The summed E-state index contributed by atoms with van der Waals surface area (Å²) < 4.78 is 39.1. The molecule has 5 aromatic carbocycles. The van der Waals surface area contributed by atoms with Gasteiger partial charge in [-0.1, -0.05) is 93.9 Å². The number of halogens is 2. The molecule has 34 nitrogen and oxygen atoms in total. The van der Waals surface area contributed by atoms with E-state index in [1.165, 1.54) is 63.4 Å². The molecule has 9 amide bonds. The topological polar surface area (TPSA) is 525 Å². The Morgan fingerprint density at radius 2 is 1.29 bits per heavy atom. The van der Waals surface area contributed by atoms with Crippen LogP contribution in [0.5, 0.6) is 34.5 Å². The first-order valence-electron chi connectivity index (χ1n) is 41.2. The maximum Gasteiger partial charge on any atom is 0.248 e. The van der Waals surface area contributed by atoms with E-state index in [1.54, 1.807) is 0 Å². The predicted octanol–water partition coefficient (Wildman–Crippen LogP) is 3.57. The van der Waals surface area contributed by atoms with Crippen LogP contribution in [-0.2, 0) is 63.1 Å². The lowest BCUT2D eigenvalue weighted by Crippen LogP contribution is -2.64. The quantitative estimate of drug-likeness (QED) is 0.0391. The van der Waals surface area contributed by atoms with Gasteiger partial charge in [0.15, 0.2) is 23.9 Å². The summed E-state index contributed by atoms with van der Waals surface area (Å²) in [5.74, 6) is -15.4. The molecule has 5 aromatic rings. The molecule has 15 bridgehead atoms. The summed E-state index contributed by atoms with van der Waals surface area (Å²) in [5.41, 5.74) is 3.13. The minimum absolute atomic E-state index is 0.0753. The molecule has 652 valence electrons. The van der Waals surface area contributed by atoms with E-state index in [0.29, 0.717) is 24.7 Å². The van der Waals surface area contributed by atoms with E-state index in [-0.39, 0.29) is 104 Å². The number of unbranched alkanes of at least 4 members (excludes halogenated alkanes) is 4. The number of imide groups is 1. The number of amides is 9. The van der Waals surface area contributed by atoms with Gasteiger partial charge in [-0.3, -0.25) is 48.5 Å². The van der Waals surface area contributed by atoms with Gasteiger partial charge in [-0.05, 0) is 189 Å². The average molecular weight is 1720 g/mol. The number of hydrogen-bond donors (Lipinski definition) is 19. The van der Waals surface area contributed by atoms with Gasteiger partial charge in [0.25, 0.3) is 0 Å². The molecule has 18 atom stereocenters. The average Bonchev–Trinajstić information content (AvgIpc) is 1.56. The van der Waals surface area contributed by atoms with Gasteiger partial charge in [-0.15, -0.1) is 0 Å². The monoisotopic (exact) mass is 1720 g/mol. The summed E-state index contributed by atoms with van der Waals surface area (Å²) in [5, 5.41) is 131. The van der Waals surface area contributed by atoms with Crippen molar-refractivity contribution in [3.05, 3.63) is 128 Å². The van der Waals surface area contributed by atoms with Gasteiger partial charge in [-0.2, -0.15) is 0 Å². The highest BCUT2D eigenvalue weighted by Crippen LogP contribution is 2.56. The maximum absolute atomic E-state index is 16.6. The Hall–Kier alpha value is -9.21. The number of nitrogens with two attached hydrogens (primary N) is 1. The summed E-state index contributed by atoms with van der Waals surface area (Å²) in [7, 11) is 1.49. The smallest absolute Gasteiger partial charge is 0.248 e. The summed E-state index contributed by atoms with van der Waals surface area (Å²) in [6.07, 6.45) is -10.8. The van der Waals surface area contributed by atoms with Crippen LogP contribution < -0.4 is 67.8 Å². The number of aromatic hydroxyl groups is 1. The molecule has 121 heavy (non-hydrogen) atoms. The van der Waals surface area contributed by atoms with Crippen molar-refractivity contribution in [2.24, 2.45) is 35.3 Å². The molecule has 0 radical (unpaired) electrons. The molecular weight excluding hydrogens is 1620 g/mol. The van der Waals surface area contributed by atoms with Gasteiger partial charge < -0.3 is 123 Å². The molecule has 4 saturated carbocycles. The minimum Gasteiger partial charge on any atom is -0.508 e. The van der Waals surface area contributed by atoms with Crippen molar-refractivity contribution < 1.29 is 118 Å². The molecule has 0 spiro atoms. The highest BCUT2D eigenvalue weighted by Gasteiger charge is 2.54. The van der Waals surface area contributed by atoms with Crippen LogP contribution in [0, 0.1) is 29.6 Å². The summed E-state index contributed by atoms with van der Waals surface area (Å²) in [6.45, 7) is 7.73. The van der Waals surface area contributed by atoms with Gasteiger partial charge in [0.05, 0.1) is 41.3 Å². The van der Waals surface area contributed by atoms with Crippen LogP contribution in [-0.4, -0.2) is 198 Å². The highest BCUT2D eigenvalue weighted by molar-refractivity contribution is 6.32. The fourth-order valence-corrected chi connectivity index (χ4v) is 19.3. The van der Waals surface area contributed by atoms with E-state index < -0.39 is 215 Å². The van der Waals surface area contributed by atoms with Gasteiger partial charge >= 0.3 is 0 Å². The first kappa shape index (κ1) is 88.1. The largest absolute Gasteiger partial charge is 0.508 e. The van der Waals surface area contributed by atoms with Crippen LogP contribution >= 0.6 is 23.2 Å². The second-order valence-corrected chi connectivity index (χ2v) is 35.1. The van der Waals surface area contributed by atoms with Gasteiger partial charge in [-0.25, -0.2) is 0 Å². The van der Waals surface area contributed by atoms with Crippen molar-refractivity contribution in [3.8, 4) is 45.6 Å². The highest BCUT2D eigenvalue weighted by atomic mass is 35.5. The number of likely N-dealkylation sites (N-methyl/N-ethyl adjacent to an activating group) is 1. The molecule has 7 aliphatic heterocycles. The Labute approximate surface area is 706 Å². The van der Waals surface area contributed by atoms with Crippen LogP contribution in [0.2, 0.25) is 10.0 Å². The van der Waals surface area contributed by atoms with E-state index in [2.05, 4.69) is 47.9 Å². The lowest BCUT2D eigenvalue weighted by Gasteiger charge is -2.54. The van der Waals surface area contributed by atoms with Crippen molar-refractivity contribution in [2.75, 3.05) is 13.7 Å². The zero-order valence-corrected chi connectivity index (χ0v) is 68.9. The van der Waals surface area contributed by atoms with E-state index in [4.69, 9.17) is 57.4 Å². The molecule has 0 unspecified atom stereocenters. The maximum atomic E-state index is 16.6. The number of fused-ring (bicyclic) bond motifs is 12. The van der Waals surface area contributed by atoms with E-state index >= 15 is 28.8 Å². The van der Waals surface area contributed by atoms with Crippen LogP contribution in [0.25, 0.3) is 11.1 Å². The second-order valence-electron chi connectivity index (χ2n) is 34.2. The van der Waals surface area contributed by atoms with Crippen molar-refractivity contribution >= 4 is 76.4 Å². The number of phenolic OH excluding ortho intramolecular Hbond substituents is 1. The van der Waals surface area contributed by atoms with Crippen molar-refractivity contribution in [1.29, 1.82) is 0 Å². The Bertz CT molecular complexity index is 4810. The molecule has 6 fully saturated rings. The van der Waals surface area contributed by atoms with Crippen LogP contribution in [0.4, 0.5) is 0 Å². The fourth-order valence-electron chi connectivity index (χ4n) is 18.8. The third-order valence-corrected chi connectivity index (χ3v) is 25.5. The van der Waals surface area contributed by atoms with Crippen molar-refractivity contribution in [3.63, 3.8) is 0 Å². The number of benzene rings is 5.